The highest BCUT2D eigenvalue weighted by Crippen LogP contribution is 2.52. The lowest BCUT2D eigenvalue weighted by atomic mass is 9.63. The van der Waals surface area contributed by atoms with Crippen molar-refractivity contribution in [3.63, 3.8) is 0 Å². The molecule has 0 heterocycles. The van der Waals surface area contributed by atoms with Crippen LogP contribution in [-0.4, -0.2) is 0 Å². The summed E-state index contributed by atoms with van der Waals surface area (Å²) in [7, 11) is 0. The molecule has 1 saturated carbocycles. The molecule has 240 valence electrons. The van der Waals surface area contributed by atoms with Crippen molar-refractivity contribution in [2.45, 2.75) is 63.2 Å². The summed E-state index contributed by atoms with van der Waals surface area (Å²) >= 11 is 0. The summed E-state index contributed by atoms with van der Waals surface area (Å²) in [6.07, 6.45) is 10.2. The first-order chi connectivity index (χ1) is 24.0. The molecule has 0 aliphatic heterocycles. The van der Waals surface area contributed by atoms with E-state index < -0.39 is 0 Å². The number of nitrogens with zero attached hydrogens (tertiary/aromatic N) is 1. The molecule has 1 nitrogen and oxygen atoms in total. The van der Waals surface area contributed by atoms with Gasteiger partial charge in [-0.1, -0.05) is 141 Å². The summed E-state index contributed by atoms with van der Waals surface area (Å²) in [6.45, 7) is 4.73. The number of hydrogen-bond acceptors (Lipinski definition) is 1. The predicted molar refractivity (Wildman–Crippen MR) is 207 cm³/mol. The van der Waals surface area contributed by atoms with Crippen LogP contribution >= 0.6 is 0 Å². The van der Waals surface area contributed by atoms with E-state index in [2.05, 4.69) is 170 Å². The highest BCUT2D eigenvalue weighted by atomic mass is 15.1. The van der Waals surface area contributed by atoms with Crippen molar-refractivity contribution in [1.82, 2.24) is 0 Å². The molecule has 0 saturated heterocycles. The third-order valence-electron chi connectivity index (χ3n) is 11.8. The number of anilines is 3. The maximum absolute atomic E-state index is 2.51. The Balaban J connectivity index is 1.12. The number of allylic oxidation sites excluding steroid dienone is 2. The van der Waals surface area contributed by atoms with Crippen LogP contribution in [0.2, 0.25) is 0 Å². The molecule has 2 bridgehead atoms. The molecule has 6 aromatic carbocycles. The lowest BCUT2D eigenvalue weighted by molar-refractivity contribution is 0.304. The van der Waals surface area contributed by atoms with Gasteiger partial charge in [-0.05, 0) is 119 Å². The Hall–Kier alpha value is -5.14. The second-order valence-electron chi connectivity index (χ2n) is 15.0. The Morgan fingerprint density at radius 2 is 1.18 bits per heavy atom. The van der Waals surface area contributed by atoms with Crippen molar-refractivity contribution in [2.24, 2.45) is 0 Å². The molecule has 6 aromatic rings. The van der Waals surface area contributed by atoms with Gasteiger partial charge < -0.3 is 4.90 Å². The zero-order chi connectivity index (χ0) is 33.0. The summed E-state index contributed by atoms with van der Waals surface area (Å²) in [5.74, 6) is 0. The first-order valence-corrected chi connectivity index (χ1v) is 18.1. The van der Waals surface area contributed by atoms with Crippen LogP contribution in [0.25, 0.3) is 33.4 Å². The van der Waals surface area contributed by atoms with Gasteiger partial charge in [0.1, 0.15) is 0 Å². The minimum absolute atomic E-state index is 0.0742. The van der Waals surface area contributed by atoms with Crippen LogP contribution in [0.1, 0.15) is 69.1 Å². The van der Waals surface area contributed by atoms with E-state index in [1.807, 2.05) is 0 Å². The minimum atomic E-state index is -0.0742. The largest absolute Gasteiger partial charge is 0.310 e. The first-order valence-electron chi connectivity index (χ1n) is 18.1. The standard InChI is InChI=1S/C48H43N/c1-47(2)44-18-8-6-17-42(44)43-29-28-40(32-45(43)47)49(46-19-9-7-16-41(46)37-14-4-3-5-15-37)39-26-22-36(23-27-39)35-20-24-38(25-21-35)48-30-10-12-34(33-48)13-11-31-48/h3-9,12,14-29,32H,10-11,13,30-31,33H2,1-2H3. The fraction of sp³-hybridized carbons (Fsp3) is 0.208. The predicted octanol–water partition coefficient (Wildman–Crippen LogP) is 13.3. The SMILES string of the molecule is CC1(C)c2ccccc2-c2ccc(N(c3ccc(-c4ccc(C56CCC=C(CCC5)C6)cc4)cc3)c3ccccc3-c3ccccc3)cc21. The van der Waals surface area contributed by atoms with Crippen LogP contribution in [0, 0.1) is 0 Å². The van der Waals surface area contributed by atoms with Crippen LogP contribution in [0.5, 0.6) is 0 Å². The Labute approximate surface area is 291 Å². The number of para-hydroxylation sites is 1. The van der Waals surface area contributed by atoms with E-state index in [4.69, 9.17) is 0 Å². The van der Waals surface area contributed by atoms with Crippen LogP contribution in [-0.2, 0) is 10.8 Å². The number of rotatable bonds is 6. The minimum Gasteiger partial charge on any atom is -0.310 e. The van der Waals surface area contributed by atoms with E-state index >= 15 is 0 Å². The zero-order valence-corrected chi connectivity index (χ0v) is 28.6. The van der Waals surface area contributed by atoms with Crippen molar-refractivity contribution < 1.29 is 0 Å². The van der Waals surface area contributed by atoms with Crippen LogP contribution < -0.4 is 4.90 Å². The molecule has 9 rings (SSSR count). The molecule has 3 aliphatic carbocycles. The van der Waals surface area contributed by atoms with Gasteiger partial charge in [-0.15, -0.1) is 0 Å². The van der Waals surface area contributed by atoms with Crippen LogP contribution in [0.3, 0.4) is 0 Å². The Morgan fingerprint density at radius 3 is 1.98 bits per heavy atom. The quantitative estimate of drug-likeness (QED) is 0.165. The fourth-order valence-corrected chi connectivity index (χ4v) is 9.20. The normalized spacial score (nSPS) is 18.7. The number of benzene rings is 6. The van der Waals surface area contributed by atoms with Gasteiger partial charge in [-0.2, -0.15) is 0 Å². The molecule has 1 heteroatoms. The van der Waals surface area contributed by atoms with Crippen molar-refractivity contribution in [3.8, 4) is 33.4 Å². The van der Waals surface area contributed by atoms with Crippen molar-refractivity contribution in [1.29, 1.82) is 0 Å². The number of fused-ring (bicyclic) bond motifs is 5. The second kappa shape index (κ2) is 11.8. The third-order valence-corrected chi connectivity index (χ3v) is 11.8. The van der Waals surface area contributed by atoms with Crippen LogP contribution in [0.4, 0.5) is 17.1 Å². The van der Waals surface area contributed by atoms with E-state index in [1.54, 1.807) is 5.57 Å². The average Bonchev–Trinajstić information content (AvgIpc) is 3.38. The third kappa shape index (κ3) is 5.06. The molecular formula is C48H43N. The first kappa shape index (κ1) is 30.0. The Bertz CT molecular complexity index is 2190. The average molecular weight is 634 g/mol. The molecule has 0 aromatic heterocycles. The van der Waals surface area contributed by atoms with Gasteiger partial charge in [0.15, 0.2) is 0 Å². The molecule has 3 aliphatic rings. The molecule has 0 amide bonds. The molecule has 0 spiro atoms. The lowest BCUT2D eigenvalue weighted by Crippen LogP contribution is -2.32. The summed E-state index contributed by atoms with van der Waals surface area (Å²) in [6, 6.07) is 54.3. The van der Waals surface area contributed by atoms with Gasteiger partial charge in [-0.25, -0.2) is 0 Å². The number of hydrogen-bond donors (Lipinski definition) is 0. The summed E-state index contributed by atoms with van der Waals surface area (Å²) in [4.78, 5) is 2.45. The zero-order valence-electron chi connectivity index (χ0n) is 28.6. The maximum atomic E-state index is 2.51. The lowest BCUT2D eigenvalue weighted by Gasteiger charge is -2.42. The molecule has 0 N–H and O–H groups in total. The van der Waals surface area contributed by atoms with Crippen molar-refractivity contribution in [3.05, 3.63) is 174 Å². The molecule has 1 fully saturated rings. The van der Waals surface area contributed by atoms with E-state index in [-0.39, 0.29) is 5.41 Å². The van der Waals surface area contributed by atoms with E-state index in [0.717, 1.165) is 5.69 Å². The van der Waals surface area contributed by atoms with Gasteiger partial charge in [0.25, 0.3) is 0 Å². The Morgan fingerprint density at radius 1 is 0.531 bits per heavy atom. The van der Waals surface area contributed by atoms with E-state index in [1.165, 1.54) is 100.0 Å². The monoisotopic (exact) mass is 633 g/mol. The van der Waals surface area contributed by atoms with Gasteiger partial charge >= 0.3 is 0 Å². The summed E-state index contributed by atoms with van der Waals surface area (Å²) in [5.41, 5.74) is 17.4. The smallest absolute Gasteiger partial charge is 0.0540 e. The molecule has 1 atom stereocenters. The molecular weight excluding hydrogens is 591 g/mol. The fourth-order valence-electron chi connectivity index (χ4n) is 9.20. The van der Waals surface area contributed by atoms with Crippen molar-refractivity contribution in [2.75, 3.05) is 4.90 Å². The van der Waals surface area contributed by atoms with Gasteiger partial charge in [0.05, 0.1) is 5.69 Å². The van der Waals surface area contributed by atoms with E-state index in [9.17, 15) is 0 Å². The molecule has 0 radical (unpaired) electrons. The topological polar surface area (TPSA) is 3.24 Å². The van der Waals surface area contributed by atoms with E-state index in [0.29, 0.717) is 5.41 Å². The van der Waals surface area contributed by atoms with Crippen LogP contribution in [0.15, 0.2) is 157 Å². The maximum Gasteiger partial charge on any atom is 0.0540 e. The second-order valence-corrected chi connectivity index (χ2v) is 15.0. The summed E-state index contributed by atoms with van der Waals surface area (Å²) in [5, 5.41) is 0. The van der Waals surface area contributed by atoms with Gasteiger partial charge in [-0.3, -0.25) is 0 Å². The Kier molecular flexibility index (Phi) is 7.20. The highest BCUT2D eigenvalue weighted by Gasteiger charge is 2.37. The highest BCUT2D eigenvalue weighted by molar-refractivity contribution is 5.90. The van der Waals surface area contributed by atoms with Gasteiger partial charge in [0, 0.05) is 22.4 Å². The van der Waals surface area contributed by atoms with Crippen molar-refractivity contribution >= 4 is 17.1 Å². The van der Waals surface area contributed by atoms with Gasteiger partial charge in [0.2, 0.25) is 0 Å². The summed E-state index contributed by atoms with van der Waals surface area (Å²) < 4.78 is 0. The molecule has 1 unspecified atom stereocenters. The molecule has 49 heavy (non-hydrogen) atoms.